The molecule has 2 atom stereocenters. The smallest absolute Gasteiger partial charge is 0.313 e. The summed E-state index contributed by atoms with van der Waals surface area (Å²) in [6.07, 6.45) is 6.68. The van der Waals surface area contributed by atoms with Crippen LogP contribution in [0, 0.1) is 11.8 Å². The second-order valence-corrected chi connectivity index (χ2v) is 2.87. The first-order valence-electron chi connectivity index (χ1n) is 4.21. The van der Waals surface area contributed by atoms with Gasteiger partial charge in [-0.25, -0.2) is 0 Å². The SMILES string of the molecule is COC(=O)[C@@H]1C=CC=C[C@H]1C(=O)OC. The lowest BCUT2D eigenvalue weighted by Crippen LogP contribution is -2.30. The van der Waals surface area contributed by atoms with E-state index in [9.17, 15) is 9.59 Å². The summed E-state index contributed by atoms with van der Waals surface area (Å²) in [5, 5.41) is 0. The first-order chi connectivity index (χ1) is 6.70. The Morgan fingerprint density at radius 3 is 1.57 bits per heavy atom. The van der Waals surface area contributed by atoms with Gasteiger partial charge in [0.1, 0.15) is 0 Å². The van der Waals surface area contributed by atoms with Gasteiger partial charge >= 0.3 is 11.9 Å². The largest absolute Gasteiger partial charge is 0.469 e. The Kier molecular flexibility index (Phi) is 3.45. The molecule has 76 valence electrons. The van der Waals surface area contributed by atoms with Crippen molar-refractivity contribution in [3.8, 4) is 0 Å². The van der Waals surface area contributed by atoms with E-state index in [2.05, 4.69) is 9.47 Å². The van der Waals surface area contributed by atoms with E-state index >= 15 is 0 Å². The van der Waals surface area contributed by atoms with E-state index in [-0.39, 0.29) is 0 Å². The minimum atomic E-state index is -0.572. The van der Waals surface area contributed by atoms with E-state index in [1.165, 1.54) is 14.2 Å². The Balaban J connectivity index is 2.81. The third-order valence-corrected chi connectivity index (χ3v) is 2.08. The highest BCUT2D eigenvalue weighted by Crippen LogP contribution is 2.22. The van der Waals surface area contributed by atoms with Crippen molar-refractivity contribution in [1.82, 2.24) is 0 Å². The van der Waals surface area contributed by atoms with Crippen molar-refractivity contribution in [2.45, 2.75) is 0 Å². The van der Waals surface area contributed by atoms with Crippen LogP contribution in [0.1, 0.15) is 0 Å². The lowest BCUT2D eigenvalue weighted by molar-refractivity contribution is -0.153. The highest BCUT2D eigenvalue weighted by atomic mass is 16.5. The number of carbonyl (C=O) groups is 2. The van der Waals surface area contributed by atoms with Crippen molar-refractivity contribution in [3.05, 3.63) is 24.3 Å². The van der Waals surface area contributed by atoms with Crippen LogP contribution in [-0.4, -0.2) is 26.2 Å². The van der Waals surface area contributed by atoms with E-state index in [0.29, 0.717) is 0 Å². The fourth-order valence-corrected chi connectivity index (χ4v) is 1.33. The van der Waals surface area contributed by atoms with E-state index in [0.717, 1.165) is 0 Å². The molecule has 14 heavy (non-hydrogen) atoms. The van der Waals surface area contributed by atoms with Gasteiger partial charge in [0.05, 0.1) is 26.1 Å². The van der Waals surface area contributed by atoms with Gasteiger partial charge in [0.25, 0.3) is 0 Å². The zero-order valence-corrected chi connectivity index (χ0v) is 8.10. The van der Waals surface area contributed by atoms with Crippen molar-refractivity contribution in [1.29, 1.82) is 0 Å². The number of rotatable bonds is 2. The van der Waals surface area contributed by atoms with Crippen molar-refractivity contribution >= 4 is 11.9 Å². The quantitative estimate of drug-likeness (QED) is 0.610. The zero-order valence-electron chi connectivity index (χ0n) is 8.10. The van der Waals surface area contributed by atoms with Crippen LogP contribution in [0.25, 0.3) is 0 Å². The molecule has 0 aromatic carbocycles. The summed E-state index contributed by atoms with van der Waals surface area (Å²) in [5.74, 6) is -2.00. The molecule has 0 bridgehead atoms. The molecule has 1 aliphatic carbocycles. The average Bonchev–Trinajstić information content (AvgIpc) is 2.27. The summed E-state index contributed by atoms with van der Waals surface area (Å²) in [7, 11) is 2.59. The monoisotopic (exact) mass is 196 g/mol. The van der Waals surface area contributed by atoms with Crippen LogP contribution in [0.15, 0.2) is 24.3 Å². The molecule has 0 N–H and O–H groups in total. The van der Waals surface area contributed by atoms with Crippen LogP contribution in [0.5, 0.6) is 0 Å². The van der Waals surface area contributed by atoms with Crippen LogP contribution in [-0.2, 0) is 19.1 Å². The molecule has 0 saturated carbocycles. The maximum absolute atomic E-state index is 11.3. The Labute approximate surface area is 82.2 Å². The Morgan fingerprint density at radius 2 is 1.29 bits per heavy atom. The van der Waals surface area contributed by atoms with Gasteiger partial charge in [-0.1, -0.05) is 24.3 Å². The number of esters is 2. The molecule has 0 spiro atoms. The number of carbonyl (C=O) groups excluding carboxylic acids is 2. The predicted octanol–water partition coefficient (Wildman–Crippen LogP) is 0.691. The third-order valence-electron chi connectivity index (χ3n) is 2.08. The van der Waals surface area contributed by atoms with Crippen molar-refractivity contribution < 1.29 is 19.1 Å². The predicted molar refractivity (Wildman–Crippen MR) is 49.3 cm³/mol. The molecule has 0 saturated heterocycles. The summed E-state index contributed by atoms with van der Waals surface area (Å²) < 4.78 is 9.17. The van der Waals surface area contributed by atoms with E-state index in [4.69, 9.17) is 0 Å². The number of hydrogen-bond acceptors (Lipinski definition) is 4. The molecule has 4 heteroatoms. The molecule has 0 unspecified atom stereocenters. The number of ether oxygens (including phenoxy) is 2. The Morgan fingerprint density at radius 1 is 0.929 bits per heavy atom. The summed E-state index contributed by atoms with van der Waals surface area (Å²) in [5.41, 5.74) is 0. The first kappa shape index (κ1) is 10.5. The van der Waals surface area contributed by atoms with Crippen molar-refractivity contribution in [2.24, 2.45) is 11.8 Å². The van der Waals surface area contributed by atoms with Gasteiger partial charge in [0.15, 0.2) is 0 Å². The van der Waals surface area contributed by atoms with Crippen LogP contribution in [0.4, 0.5) is 0 Å². The van der Waals surface area contributed by atoms with Crippen LogP contribution >= 0.6 is 0 Å². The van der Waals surface area contributed by atoms with Gasteiger partial charge in [0.2, 0.25) is 0 Å². The molecule has 0 heterocycles. The Bertz CT molecular complexity index is 260. The fourth-order valence-electron chi connectivity index (χ4n) is 1.33. The number of allylic oxidation sites excluding steroid dienone is 2. The summed E-state index contributed by atoms with van der Waals surface area (Å²) in [6.45, 7) is 0. The van der Waals surface area contributed by atoms with Gasteiger partial charge in [-0.15, -0.1) is 0 Å². The highest BCUT2D eigenvalue weighted by Gasteiger charge is 2.32. The van der Waals surface area contributed by atoms with E-state index < -0.39 is 23.8 Å². The fraction of sp³-hybridized carbons (Fsp3) is 0.400. The molecule has 0 amide bonds. The van der Waals surface area contributed by atoms with Crippen LogP contribution < -0.4 is 0 Å². The number of hydrogen-bond donors (Lipinski definition) is 0. The summed E-state index contributed by atoms with van der Waals surface area (Å²) in [6, 6.07) is 0. The maximum Gasteiger partial charge on any atom is 0.313 e. The lowest BCUT2D eigenvalue weighted by Gasteiger charge is -2.19. The highest BCUT2D eigenvalue weighted by molar-refractivity contribution is 5.85. The second kappa shape index (κ2) is 4.60. The van der Waals surface area contributed by atoms with Crippen LogP contribution in [0.3, 0.4) is 0 Å². The molecule has 0 aliphatic heterocycles. The second-order valence-electron chi connectivity index (χ2n) is 2.87. The van der Waals surface area contributed by atoms with Crippen molar-refractivity contribution in [3.63, 3.8) is 0 Å². The van der Waals surface area contributed by atoms with Crippen molar-refractivity contribution in [2.75, 3.05) is 14.2 Å². The normalized spacial score (nSPS) is 24.4. The van der Waals surface area contributed by atoms with Gasteiger partial charge in [-0.3, -0.25) is 9.59 Å². The molecule has 0 fully saturated rings. The third kappa shape index (κ3) is 2.02. The summed E-state index contributed by atoms with van der Waals surface area (Å²) >= 11 is 0. The molecular weight excluding hydrogens is 184 g/mol. The van der Waals surface area contributed by atoms with Gasteiger partial charge in [0, 0.05) is 0 Å². The zero-order chi connectivity index (χ0) is 10.6. The molecular formula is C10H12O4. The lowest BCUT2D eigenvalue weighted by atomic mass is 9.88. The van der Waals surface area contributed by atoms with Crippen LogP contribution in [0.2, 0.25) is 0 Å². The molecule has 1 rings (SSSR count). The van der Waals surface area contributed by atoms with E-state index in [1.807, 2.05) is 0 Å². The Hall–Kier alpha value is -1.58. The first-order valence-corrected chi connectivity index (χ1v) is 4.21. The standard InChI is InChI=1S/C10H12O4/c1-13-9(11)7-5-3-4-6-8(7)10(12)14-2/h3-8H,1-2H3/t7-,8-/m1/s1. The van der Waals surface area contributed by atoms with E-state index in [1.54, 1.807) is 24.3 Å². The molecule has 0 radical (unpaired) electrons. The average molecular weight is 196 g/mol. The molecule has 1 aliphatic rings. The van der Waals surface area contributed by atoms with Gasteiger partial charge < -0.3 is 9.47 Å². The molecule has 4 nitrogen and oxygen atoms in total. The maximum atomic E-state index is 11.3. The van der Waals surface area contributed by atoms with Gasteiger partial charge in [-0.2, -0.15) is 0 Å². The topological polar surface area (TPSA) is 52.6 Å². The summed E-state index contributed by atoms with van der Waals surface area (Å²) in [4.78, 5) is 22.6. The van der Waals surface area contributed by atoms with Gasteiger partial charge in [-0.05, 0) is 0 Å². The minimum absolute atomic E-state index is 0.430. The minimum Gasteiger partial charge on any atom is -0.469 e. The molecule has 0 aromatic heterocycles. The molecule has 0 aromatic rings. The number of methoxy groups -OCH3 is 2.